The molecule has 0 unspecified atom stereocenters. The number of nitrogens with zero attached hydrogens (tertiary/aromatic N) is 3. The Kier molecular flexibility index (Phi) is 2.58. The average molecular weight is 356 g/mol. The predicted octanol–water partition coefficient (Wildman–Crippen LogP) is 3.11. The summed E-state index contributed by atoms with van der Waals surface area (Å²) in [7, 11) is 0. The van der Waals surface area contributed by atoms with Gasteiger partial charge in [0.1, 0.15) is 28.2 Å². The Bertz CT molecular complexity index is 908. The van der Waals surface area contributed by atoms with Gasteiger partial charge in [0.15, 0.2) is 0 Å². The molecule has 0 N–H and O–H groups in total. The standard InChI is InChI=1S/C16H13ClF3N3O/c17-13-9(18)3-8(4-10(13)19)11-1-2-12-21-23(14(24)22(11)12)16-5-15(20,6-16)7-16/h3-4,11H,1-2,5-7H2/t11-,15?,16?/m0/s1. The van der Waals surface area contributed by atoms with Crippen LogP contribution in [0.2, 0.25) is 5.02 Å². The van der Waals surface area contributed by atoms with Crippen molar-refractivity contribution in [3.05, 3.63) is 50.7 Å². The van der Waals surface area contributed by atoms with E-state index in [1.807, 2.05) is 0 Å². The molecule has 3 aliphatic carbocycles. The van der Waals surface area contributed by atoms with Crippen LogP contribution in [0.4, 0.5) is 13.2 Å². The van der Waals surface area contributed by atoms with Crippen molar-refractivity contribution in [2.45, 2.75) is 49.4 Å². The number of hydrogen-bond acceptors (Lipinski definition) is 2. The fourth-order valence-electron chi connectivity index (χ4n) is 4.53. The van der Waals surface area contributed by atoms with Gasteiger partial charge in [0.2, 0.25) is 0 Å². The van der Waals surface area contributed by atoms with Crippen molar-refractivity contribution in [2.75, 3.05) is 0 Å². The van der Waals surface area contributed by atoms with Crippen molar-refractivity contribution in [3.63, 3.8) is 0 Å². The molecule has 1 aromatic heterocycles. The first kappa shape index (κ1) is 14.6. The number of halogens is 4. The molecule has 0 saturated heterocycles. The maximum absolute atomic E-state index is 13.8. The zero-order valence-electron chi connectivity index (χ0n) is 12.5. The Morgan fingerprint density at radius 1 is 1.21 bits per heavy atom. The molecule has 24 heavy (non-hydrogen) atoms. The summed E-state index contributed by atoms with van der Waals surface area (Å²) in [6.45, 7) is 0. The lowest BCUT2D eigenvalue weighted by atomic mass is 9.47. The highest BCUT2D eigenvalue weighted by molar-refractivity contribution is 6.30. The summed E-state index contributed by atoms with van der Waals surface area (Å²) < 4.78 is 44.1. The molecule has 1 aliphatic heterocycles. The fourth-order valence-corrected chi connectivity index (χ4v) is 4.64. The van der Waals surface area contributed by atoms with E-state index in [2.05, 4.69) is 5.10 Å². The van der Waals surface area contributed by atoms with Gasteiger partial charge in [0.05, 0.1) is 11.6 Å². The molecule has 8 heteroatoms. The maximum atomic E-state index is 13.8. The third-order valence-electron chi connectivity index (χ3n) is 5.61. The molecule has 3 saturated carbocycles. The van der Waals surface area contributed by atoms with Crippen molar-refractivity contribution in [1.29, 1.82) is 0 Å². The van der Waals surface area contributed by atoms with E-state index in [1.54, 1.807) is 0 Å². The fraction of sp³-hybridized carbons (Fsp3) is 0.500. The van der Waals surface area contributed by atoms with E-state index in [9.17, 15) is 18.0 Å². The SMILES string of the molecule is O=c1n(C23CC(F)(C2)C3)nc2n1[C@H](c1cc(F)c(Cl)c(F)c1)CC2. The summed E-state index contributed by atoms with van der Waals surface area (Å²) in [5, 5.41) is 3.82. The predicted molar refractivity (Wildman–Crippen MR) is 80.0 cm³/mol. The van der Waals surface area contributed by atoms with E-state index in [4.69, 9.17) is 11.6 Å². The molecule has 4 nitrogen and oxygen atoms in total. The first-order valence-electron chi connectivity index (χ1n) is 7.86. The minimum absolute atomic E-state index is 0.325. The molecule has 2 aromatic rings. The second-order valence-corrected chi connectivity index (χ2v) is 7.62. The van der Waals surface area contributed by atoms with Crippen LogP contribution in [0.3, 0.4) is 0 Å². The van der Waals surface area contributed by atoms with Crippen LogP contribution in [-0.2, 0) is 12.0 Å². The summed E-state index contributed by atoms with van der Waals surface area (Å²) in [6.07, 6.45) is 2.05. The zero-order valence-corrected chi connectivity index (χ0v) is 13.3. The van der Waals surface area contributed by atoms with Crippen molar-refractivity contribution < 1.29 is 13.2 Å². The highest BCUT2D eigenvalue weighted by Gasteiger charge is 2.71. The minimum atomic E-state index is -1.13. The Balaban J connectivity index is 1.58. The van der Waals surface area contributed by atoms with E-state index >= 15 is 0 Å². The molecule has 3 fully saturated rings. The molecule has 126 valence electrons. The number of alkyl halides is 1. The Hall–Kier alpha value is -1.76. The number of benzene rings is 1. The van der Waals surface area contributed by atoms with Crippen LogP contribution in [-0.4, -0.2) is 20.0 Å². The van der Waals surface area contributed by atoms with Crippen LogP contribution in [0.25, 0.3) is 0 Å². The molecule has 0 amide bonds. The van der Waals surface area contributed by atoms with Crippen LogP contribution in [0.15, 0.2) is 16.9 Å². The van der Waals surface area contributed by atoms with Gasteiger partial charge in [0, 0.05) is 25.7 Å². The van der Waals surface area contributed by atoms with Gasteiger partial charge in [-0.2, -0.15) is 5.10 Å². The maximum Gasteiger partial charge on any atom is 0.347 e. The molecule has 2 heterocycles. The Labute approximate surface area is 139 Å². The van der Waals surface area contributed by atoms with Crippen molar-refractivity contribution in [2.24, 2.45) is 0 Å². The van der Waals surface area contributed by atoms with Crippen molar-refractivity contribution in [3.8, 4) is 0 Å². The van der Waals surface area contributed by atoms with Crippen molar-refractivity contribution in [1.82, 2.24) is 14.3 Å². The molecule has 2 bridgehead atoms. The molecule has 1 atom stereocenters. The summed E-state index contributed by atoms with van der Waals surface area (Å²) >= 11 is 5.53. The summed E-state index contributed by atoms with van der Waals surface area (Å²) in [6, 6.07) is 1.84. The lowest BCUT2D eigenvalue weighted by Crippen LogP contribution is -2.72. The monoisotopic (exact) mass is 355 g/mol. The topological polar surface area (TPSA) is 39.8 Å². The highest BCUT2D eigenvalue weighted by Crippen LogP contribution is 2.66. The van der Waals surface area contributed by atoms with Gasteiger partial charge in [-0.15, -0.1) is 0 Å². The van der Waals surface area contributed by atoms with Crippen LogP contribution < -0.4 is 5.69 Å². The zero-order chi connectivity index (χ0) is 16.9. The smallest absolute Gasteiger partial charge is 0.271 e. The summed E-state index contributed by atoms with van der Waals surface area (Å²) in [5.41, 5.74) is -1.60. The molecule has 1 aromatic carbocycles. The number of fused-ring (bicyclic) bond motifs is 1. The van der Waals surface area contributed by atoms with Gasteiger partial charge in [0.25, 0.3) is 0 Å². The van der Waals surface area contributed by atoms with Gasteiger partial charge < -0.3 is 0 Å². The largest absolute Gasteiger partial charge is 0.347 e. The van der Waals surface area contributed by atoms with Gasteiger partial charge in [-0.3, -0.25) is 4.57 Å². The highest BCUT2D eigenvalue weighted by atomic mass is 35.5. The van der Waals surface area contributed by atoms with Crippen LogP contribution >= 0.6 is 11.6 Å². The number of hydrogen-bond donors (Lipinski definition) is 0. The van der Waals surface area contributed by atoms with Crippen LogP contribution in [0, 0.1) is 11.6 Å². The lowest BCUT2D eigenvalue weighted by molar-refractivity contribution is -0.205. The Morgan fingerprint density at radius 3 is 2.42 bits per heavy atom. The van der Waals surface area contributed by atoms with E-state index in [0.29, 0.717) is 43.5 Å². The third kappa shape index (κ3) is 1.66. The number of rotatable bonds is 2. The summed E-state index contributed by atoms with van der Waals surface area (Å²) in [5.74, 6) is -1.11. The second-order valence-electron chi connectivity index (χ2n) is 7.24. The molecule has 4 aliphatic rings. The van der Waals surface area contributed by atoms with E-state index in [-0.39, 0.29) is 5.69 Å². The Morgan fingerprint density at radius 2 is 1.83 bits per heavy atom. The second kappa shape index (κ2) is 4.25. The molecular weight excluding hydrogens is 343 g/mol. The third-order valence-corrected chi connectivity index (χ3v) is 5.97. The first-order chi connectivity index (χ1) is 11.3. The van der Waals surface area contributed by atoms with Gasteiger partial charge in [-0.05, 0) is 24.1 Å². The van der Waals surface area contributed by atoms with Crippen molar-refractivity contribution >= 4 is 11.6 Å². The van der Waals surface area contributed by atoms with E-state index in [0.717, 1.165) is 12.1 Å². The van der Waals surface area contributed by atoms with Gasteiger partial charge >= 0.3 is 5.69 Å². The number of aryl methyl sites for hydroxylation is 1. The lowest BCUT2D eigenvalue weighted by Gasteiger charge is -2.64. The molecule has 6 rings (SSSR count). The first-order valence-corrected chi connectivity index (χ1v) is 8.24. The quantitative estimate of drug-likeness (QED) is 0.777. The molecular formula is C16H13ClF3N3O. The van der Waals surface area contributed by atoms with Gasteiger partial charge in [-0.1, -0.05) is 11.6 Å². The average Bonchev–Trinajstić information content (AvgIpc) is 3.01. The normalized spacial score (nSPS) is 33.1. The van der Waals surface area contributed by atoms with Gasteiger partial charge in [-0.25, -0.2) is 22.6 Å². The molecule has 0 spiro atoms. The summed E-state index contributed by atoms with van der Waals surface area (Å²) in [4.78, 5) is 12.8. The minimum Gasteiger partial charge on any atom is -0.271 e. The van der Waals surface area contributed by atoms with Crippen LogP contribution in [0.1, 0.15) is 43.1 Å². The molecule has 0 radical (unpaired) electrons. The number of aromatic nitrogens is 3. The van der Waals surface area contributed by atoms with E-state index < -0.39 is 33.9 Å². The van der Waals surface area contributed by atoms with Crippen LogP contribution in [0.5, 0.6) is 0 Å². The van der Waals surface area contributed by atoms with E-state index in [1.165, 1.54) is 9.25 Å².